The third-order valence-corrected chi connectivity index (χ3v) is 5.70. The second-order valence-corrected chi connectivity index (χ2v) is 8.39. The Hall–Kier alpha value is -3.15. The highest BCUT2D eigenvalue weighted by Crippen LogP contribution is 2.24. The number of unbranched alkanes of at least 4 members (excludes halogenated alkanes) is 1. The van der Waals surface area contributed by atoms with Crippen LogP contribution in [0.5, 0.6) is 0 Å². The van der Waals surface area contributed by atoms with Gasteiger partial charge in [-0.2, -0.15) is 0 Å². The molecule has 1 heterocycles. The minimum absolute atomic E-state index is 0.0438. The van der Waals surface area contributed by atoms with Gasteiger partial charge in [0, 0.05) is 36.4 Å². The maximum Gasteiger partial charge on any atom is 0.255 e. The van der Waals surface area contributed by atoms with Crippen molar-refractivity contribution in [3.63, 3.8) is 0 Å². The molecule has 6 nitrogen and oxygen atoms in total. The number of nitrogens with zero attached hydrogens (tertiary/aromatic N) is 1. The lowest BCUT2D eigenvalue weighted by Crippen LogP contribution is -2.29. The second-order valence-electron chi connectivity index (χ2n) is 8.39. The molecule has 0 aliphatic carbocycles. The summed E-state index contributed by atoms with van der Waals surface area (Å²) in [7, 11) is 0. The van der Waals surface area contributed by atoms with Gasteiger partial charge in [-0.15, -0.1) is 0 Å². The summed E-state index contributed by atoms with van der Waals surface area (Å²) in [6.45, 7) is 9.25. The molecule has 2 aromatic carbocycles. The first-order valence-electron chi connectivity index (χ1n) is 10.9. The molecule has 6 heteroatoms. The monoisotopic (exact) mass is 421 g/mol. The lowest BCUT2D eigenvalue weighted by Gasteiger charge is -2.16. The highest BCUT2D eigenvalue weighted by atomic mass is 16.2. The van der Waals surface area contributed by atoms with Gasteiger partial charge in [0.2, 0.25) is 11.8 Å². The van der Waals surface area contributed by atoms with Crippen molar-refractivity contribution in [1.29, 1.82) is 0 Å². The zero-order valence-corrected chi connectivity index (χ0v) is 18.7. The Morgan fingerprint density at radius 1 is 1.03 bits per heavy atom. The number of rotatable bonds is 7. The van der Waals surface area contributed by atoms with Crippen molar-refractivity contribution in [1.82, 2.24) is 4.90 Å². The van der Waals surface area contributed by atoms with Crippen LogP contribution < -0.4 is 10.6 Å². The third kappa shape index (κ3) is 5.51. The molecule has 1 aliphatic rings. The predicted molar refractivity (Wildman–Crippen MR) is 123 cm³/mol. The minimum atomic E-state index is -0.334. The van der Waals surface area contributed by atoms with Gasteiger partial charge in [0.1, 0.15) is 0 Å². The van der Waals surface area contributed by atoms with E-state index in [9.17, 15) is 14.4 Å². The van der Waals surface area contributed by atoms with Crippen LogP contribution in [0.3, 0.4) is 0 Å². The first kappa shape index (κ1) is 22.5. The standard InChI is InChI=1S/C25H31N3O3/c1-5-6-11-28-15-20(14-22(28)29)25(31)26-21-9-7-19(8-10-21)24(30)27-23-17(3)12-16(2)13-18(23)4/h7-10,12-13,20H,5-6,11,14-15H2,1-4H3,(H,26,31)(H,27,30)/t20-/m0/s1. The molecule has 3 amide bonds. The van der Waals surface area contributed by atoms with E-state index < -0.39 is 0 Å². The molecule has 0 radical (unpaired) electrons. The van der Waals surface area contributed by atoms with Crippen molar-refractivity contribution < 1.29 is 14.4 Å². The van der Waals surface area contributed by atoms with E-state index in [0.29, 0.717) is 24.3 Å². The molecule has 164 valence electrons. The SMILES string of the molecule is CCCCN1C[C@@H](C(=O)Nc2ccc(C(=O)Nc3c(C)cc(C)cc3C)cc2)CC1=O. The highest BCUT2D eigenvalue weighted by Gasteiger charge is 2.33. The van der Waals surface area contributed by atoms with Crippen LogP contribution in [0.1, 0.15) is 53.2 Å². The summed E-state index contributed by atoms with van der Waals surface area (Å²) < 4.78 is 0. The van der Waals surface area contributed by atoms with Gasteiger partial charge in [-0.05, 0) is 62.6 Å². The van der Waals surface area contributed by atoms with E-state index in [-0.39, 0.29) is 30.1 Å². The maximum absolute atomic E-state index is 12.7. The van der Waals surface area contributed by atoms with E-state index in [2.05, 4.69) is 17.6 Å². The lowest BCUT2D eigenvalue weighted by atomic mass is 10.0. The quantitative estimate of drug-likeness (QED) is 0.693. The number of anilines is 2. The molecule has 2 N–H and O–H groups in total. The van der Waals surface area contributed by atoms with Crippen LogP contribution in [0, 0.1) is 26.7 Å². The van der Waals surface area contributed by atoms with Crippen LogP contribution in [-0.4, -0.2) is 35.7 Å². The first-order valence-corrected chi connectivity index (χ1v) is 10.9. The summed E-state index contributed by atoms with van der Waals surface area (Å²) in [6.07, 6.45) is 2.22. The summed E-state index contributed by atoms with van der Waals surface area (Å²) in [6, 6.07) is 10.9. The topological polar surface area (TPSA) is 78.5 Å². The Bertz CT molecular complexity index is 959. The van der Waals surface area contributed by atoms with Gasteiger partial charge in [0.25, 0.3) is 5.91 Å². The summed E-state index contributed by atoms with van der Waals surface area (Å²) in [4.78, 5) is 39.1. The van der Waals surface area contributed by atoms with Crippen molar-refractivity contribution in [3.8, 4) is 0 Å². The van der Waals surface area contributed by atoms with Gasteiger partial charge < -0.3 is 15.5 Å². The molecule has 0 aromatic heterocycles. The summed E-state index contributed by atoms with van der Waals surface area (Å²) in [5.74, 6) is -0.640. The molecule has 1 aliphatic heterocycles. The Labute approximate surface area is 184 Å². The van der Waals surface area contributed by atoms with Gasteiger partial charge in [-0.25, -0.2) is 0 Å². The van der Waals surface area contributed by atoms with Crippen LogP contribution in [-0.2, 0) is 9.59 Å². The van der Waals surface area contributed by atoms with E-state index >= 15 is 0 Å². The molecule has 0 spiro atoms. The van der Waals surface area contributed by atoms with Crippen LogP contribution in [0.2, 0.25) is 0 Å². The van der Waals surface area contributed by atoms with Gasteiger partial charge >= 0.3 is 0 Å². The minimum Gasteiger partial charge on any atom is -0.342 e. The Morgan fingerprint density at radius 2 is 1.68 bits per heavy atom. The average Bonchev–Trinajstić information content (AvgIpc) is 3.10. The Kier molecular flexibility index (Phi) is 7.10. The van der Waals surface area contributed by atoms with Crippen molar-refractivity contribution in [2.24, 2.45) is 5.92 Å². The number of hydrogen-bond donors (Lipinski definition) is 2. The summed E-state index contributed by atoms with van der Waals surface area (Å²) in [5.41, 5.74) is 5.16. The fourth-order valence-corrected chi connectivity index (χ4v) is 4.02. The summed E-state index contributed by atoms with van der Waals surface area (Å²) in [5, 5.41) is 5.86. The second kappa shape index (κ2) is 9.77. The fraction of sp³-hybridized carbons (Fsp3) is 0.400. The maximum atomic E-state index is 12.7. The van der Waals surface area contributed by atoms with Crippen LogP contribution in [0.4, 0.5) is 11.4 Å². The van der Waals surface area contributed by atoms with Crippen molar-refractivity contribution in [3.05, 3.63) is 58.7 Å². The summed E-state index contributed by atoms with van der Waals surface area (Å²) >= 11 is 0. The number of nitrogens with one attached hydrogen (secondary N) is 2. The van der Waals surface area contributed by atoms with Crippen LogP contribution >= 0.6 is 0 Å². The molecule has 1 saturated heterocycles. The third-order valence-electron chi connectivity index (χ3n) is 5.70. The molecule has 0 unspecified atom stereocenters. The van der Waals surface area contributed by atoms with Gasteiger partial charge in [-0.1, -0.05) is 31.0 Å². The Balaban J connectivity index is 1.60. The Morgan fingerprint density at radius 3 is 2.29 bits per heavy atom. The van der Waals surface area contributed by atoms with Crippen molar-refractivity contribution >= 4 is 29.1 Å². The van der Waals surface area contributed by atoms with E-state index in [4.69, 9.17) is 0 Å². The van der Waals surface area contributed by atoms with Crippen LogP contribution in [0.25, 0.3) is 0 Å². The normalized spacial score (nSPS) is 15.8. The van der Waals surface area contributed by atoms with E-state index in [1.54, 1.807) is 29.2 Å². The molecule has 2 aromatic rings. The molecule has 0 saturated carbocycles. The van der Waals surface area contributed by atoms with E-state index in [1.165, 1.54) is 0 Å². The molecular formula is C25H31N3O3. The first-order chi connectivity index (χ1) is 14.8. The molecule has 3 rings (SSSR count). The number of hydrogen-bond acceptors (Lipinski definition) is 3. The number of amides is 3. The smallest absolute Gasteiger partial charge is 0.255 e. The van der Waals surface area contributed by atoms with Gasteiger partial charge in [-0.3, -0.25) is 14.4 Å². The average molecular weight is 422 g/mol. The van der Waals surface area contributed by atoms with Crippen LogP contribution in [0.15, 0.2) is 36.4 Å². The number of benzene rings is 2. The van der Waals surface area contributed by atoms with Crippen molar-refractivity contribution in [2.45, 2.75) is 47.0 Å². The molecule has 1 atom stereocenters. The molecular weight excluding hydrogens is 390 g/mol. The van der Waals surface area contributed by atoms with Gasteiger partial charge in [0.15, 0.2) is 0 Å². The fourth-order valence-electron chi connectivity index (χ4n) is 4.02. The van der Waals surface area contributed by atoms with Crippen molar-refractivity contribution in [2.75, 3.05) is 23.7 Å². The molecule has 1 fully saturated rings. The zero-order valence-electron chi connectivity index (χ0n) is 18.7. The molecule has 31 heavy (non-hydrogen) atoms. The number of aryl methyl sites for hydroxylation is 3. The lowest BCUT2D eigenvalue weighted by molar-refractivity contribution is -0.128. The number of carbonyl (C=O) groups is 3. The number of carbonyl (C=O) groups excluding carboxylic acids is 3. The predicted octanol–water partition coefficient (Wildman–Crippen LogP) is 4.45. The van der Waals surface area contributed by atoms with Gasteiger partial charge in [0.05, 0.1) is 5.92 Å². The van der Waals surface area contributed by atoms with E-state index in [1.807, 2.05) is 32.9 Å². The molecule has 0 bridgehead atoms. The highest BCUT2D eigenvalue weighted by molar-refractivity contribution is 6.05. The number of likely N-dealkylation sites (tertiary alicyclic amines) is 1. The largest absolute Gasteiger partial charge is 0.342 e. The van der Waals surface area contributed by atoms with E-state index in [0.717, 1.165) is 35.2 Å². The zero-order chi connectivity index (χ0) is 22.5.